The van der Waals surface area contributed by atoms with E-state index in [4.69, 9.17) is 29.9 Å². The fourth-order valence-electron chi connectivity index (χ4n) is 3.40. The molecule has 1 aliphatic rings. The molecule has 2 N–H and O–H groups in total. The lowest BCUT2D eigenvalue weighted by Gasteiger charge is -2.29. The first-order valence-corrected chi connectivity index (χ1v) is 9.27. The van der Waals surface area contributed by atoms with Gasteiger partial charge in [-0.2, -0.15) is 0 Å². The largest absolute Gasteiger partial charge is 0.493 e. The Morgan fingerprint density at radius 1 is 1.07 bits per heavy atom. The van der Waals surface area contributed by atoms with E-state index >= 15 is 0 Å². The number of ether oxygens (including phenoxy) is 3. The van der Waals surface area contributed by atoms with E-state index < -0.39 is 5.91 Å². The molecular formula is C21H22N4O4. The van der Waals surface area contributed by atoms with Crippen molar-refractivity contribution in [3.05, 3.63) is 42.0 Å². The van der Waals surface area contributed by atoms with Gasteiger partial charge in [0.05, 0.1) is 33.0 Å². The minimum absolute atomic E-state index is 0.409. The number of primary amides is 1. The van der Waals surface area contributed by atoms with Crippen LogP contribution in [0.1, 0.15) is 10.4 Å². The molecule has 8 heteroatoms. The van der Waals surface area contributed by atoms with Gasteiger partial charge in [-0.25, -0.2) is 9.97 Å². The van der Waals surface area contributed by atoms with Gasteiger partial charge in [0, 0.05) is 35.7 Å². The minimum atomic E-state index is -0.493. The molecular weight excluding hydrogens is 372 g/mol. The molecule has 1 fully saturated rings. The van der Waals surface area contributed by atoms with Gasteiger partial charge in [0.2, 0.25) is 5.91 Å². The average molecular weight is 394 g/mol. The average Bonchev–Trinajstić information content (AvgIpc) is 2.77. The van der Waals surface area contributed by atoms with Crippen molar-refractivity contribution in [2.75, 3.05) is 45.4 Å². The number of morpholine rings is 1. The van der Waals surface area contributed by atoms with E-state index in [1.807, 2.05) is 18.2 Å². The molecule has 8 nitrogen and oxygen atoms in total. The highest BCUT2D eigenvalue weighted by atomic mass is 16.5. The molecule has 3 aromatic rings. The second-order valence-electron chi connectivity index (χ2n) is 6.64. The summed E-state index contributed by atoms with van der Waals surface area (Å²) in [5, 5.41) is 0.861. The van der Waals surface area contributed by atoms with Gasteiger partial charge in [0.25, 0.3) is 0 Å². The Morgan fingerprint density at radius 2 is 1.79 bits per heavy atom. The number of anilines is 1. The highest BCUT2D eigenvalue weighted by Crippen LogP contribution is 2.36. The number of fused-ring (bicyclic) bond motifs is 1. The van der Waals surface area contributed by atoms with Gasteiger partial charge in [-0.1, -0.05) is 12.1 Å². The molecule has 150 valence electrons. The molecule has 1 amide bonds. The summed E-state index contributed by atoms with van der Waals surface area (Å²) in [7, 11) is 3.19. The van der Waals surface area contributed by atoms with Crippen LogP contribution in [-0.2, 0) is 4.74 Å². The van der Waals surface area contributed by atoms with Gasteiger partial charge >= 0.3 is 0 Å². The highest BCUT2D eigenvalue weighted by Gasteiger charge is 2.20. The summed E-state index contributed by atoms with van der Waals surface area (Å²) in [5.74, 6) is 2.01. The van der Waals surface area contributed by atoms with Gasteiger partial charge in [0.15, 0.2) is 17.3 Å². The number of benzene rings is 2. The van der Waals surface area contributed by atoms with Crippen LogP contribution in [0.25, 0.3) is 22.3 Å². The second kappa shape index (κ2) is 7.92. The molecule has 0 atom stereocenters. The summed E-state index contributed by atoms with van der Waals surface area (Å²) in [6, 6.07) is 10.7. The third-order valence-corrected chi connectivity index (χ3v) is 4.90. The Labute approximate surface area is 168 Å². The molecule has 1 aromatic heterocycles. The molecule has 2 aromatic carbocycles. The normalized spacial score (nSPS) is 14.1. The first-order valence-electron chi connectivity index (χ1n) is 9.27. The zero-order chi connectivity index (χ0) is 20.4. The second-order valence-corrected chi connectivity index (χ2v) is 6.64. The summed E-state index contributed by atoms with van der Waals surface area (Å²) in [4.78, 5) is 23.3. The topological polar surface area (TPSA) is 99.8 Å². The lowest BCUT2D eigenvalue weighted by atomic mass is 10.1. The number of aromatic nitrogens is 2. The van der Waals surface area contributed by atoms with Crippen LogP contribution in [0.3, 0.4) is 0 Å². The van der Waals surface area contributed by atoms with Crippen LogP contribution in [0, 0.1) is 0 Å². The third kappa shape index (κ3) is 3.66. The van der Waals surface area contributed by atoms with Crippen molar-refractivity contribution in [2.45, 2.75) is 0 Å². The van der Waals surface area contributed by atoms with Gasteiger partial charge in [-0.15, -0.1) is 0 Å². The number of carbonyl (C=O) groups is 1. The van der Waals surface area contributed by atoms with Gasteiger partial charge in [-0.05, 0) is 18.2 Å². The Hall–Kier alpha value is -3.39. The van der Waals surface area contributed by atoms with E-state index in [9.17, 15) is 4.79 Å². The highest BCUT2D eigenvalue weighted by molar-refractivity contribution is 5.95. The number of nitrogens with zero attached hydrogens (tertiary/aromatic N) is 3. The van der Waals surface area contributed by atoms with Crippen LogP contribution in [0.4, 0.5) is 5.82 Å². The van der Waals surface area contributed by atoms with Crippen LogP contribution >= 0.6 is 0 Å². The van der Waals surface area contributed by atoms with Crippen molar-refractivity contribution in [1.29, 1.82) is 0 Å². The summed E-state index contributed by atoms with van der Waals surface area (Å²) in [5.41, 5.74) is 7.28. The molecule has 2 heterocycles. The number of hydrogen-bond donors (Lipinski definition) is 1. The Morgan fingerprint density at radius 3 is 2.48 bits per heavy atom. The minimum Gasteiger partial charge on any atom is -0.493 e. The van der Waals surface area contributed by atoms with Crippen LogP contribution in [-0.4, -0.2) is 56.4 Å². The number of nitrogens with two attached hydrogens (primary N) is 1. The fourth-order valence-corrected chi connectivity index (χ4v) is 3.40. The van der Waals surface area contributed by atoms with Crippen molar-refractivity contribution in [2.24, 2.45) is 5.73 Å². The third-order valence-electron chi connectivity index (χ3n) is 4.90. The number of methoxy groups -OCH3 is 2. The van der Waals surface area contributed by atoms with Crippen LogP contribution in [0.5, 0.6) is 11.5 Å². The SMILES string of the molecule is COc1cc2nc(-c3cccc(C(N)=O)c3)nc(N3CCOCC3)c2cc1OC. The van der Waals surface area contributed by atoms with E-state index in [-0.39, 0.29) is 0 Å². The summed E-state index contributed by atoms with van der Waals surface area (Å²) in [6.07, 6.45) is 0. The van der Waals surface area contributed by atoms with Crippen LogP contribution in [0.15, 0.2) is 36.4 Å². The Kier molecular flexibility index (Phi) is 5.18. The molecule has 0 aliphatic carbocycles. The van der Waals surface area contributed by atoms with E-state index in [0.29, 0.717) is 41.7 Å². The maximum Gasteiger partial charge on any atom is 0.248 e. The van der Waals surface area contributed by atoms with Crippen molar-refractivity contribution in [3.8, 4) is 22.9 Å². The van der Waals surface area contributed by atoms with E-state index in [2.05, 4.69) is 4.90 Å². The first kappa shape index (κ1) is 18.9. The quantitative estimate of drug-likeness (QED) is 0.708. The van der Waals surface area contributed by atoms with E-state index in [1.54, 1.807) is 32.4 Å². The van der Waals surface area contributed by atoms with Crippen molar-refractivity contribution < 1.29 is 19.0 Å². The van der Waals surface area contributed by atoms with Crippen molar-refractivity contribution in [3.63, 3.8) is 0 Å². The smallest absolute Gasteiger partial charge is 0.248 e. The predicted octanol–water partition coefficient (Wildman–Crippen LogP) is 2.25. The Balaban J connectivity index is 1.94. The zero-order valence-electron chi connectivity index (χ0n) is 16.3. The number of hydrogen-bond acceptors (Lipinski definition) is 7. The molecule has 1 aliphatic heterocycles. The summed E-state index contributed by atoms with van der Waals surface area (Å²) < 4.78 is 16.4. The molecule has 29 heavy (non-hydrogen) atoms. The van der Waals surface area contributed by atoms with Crippen LogP contribution in [0.2, 0.25) is 0 Å². The summed E-state index contributed by atoms with van der Waals surface area (Å²) >= 11 is 0. The molecule has 0 unspecified atom stereocenters. The van der Waals surface area contributed by atoms with Gasteiger partial charge in [0.1, 0.15) is 5.82 Å². The molecule has 4 rings (SSSR count). The van der Waals surface area contributed by atoms with Gasteiger partial charge < -0.3 is 24.8 Å². The maximum atomic E-state index is 11.6. The maximum absolute atomic E-state index is 11.6. The molecule has 1 saturated heterocycles. The molecule has 0 spiro atoms. The fraction of sp³-hybridized carbons (Fsp3) is 0.286. The van der Waals surface area contributed by atoms with Gasteiger partial charge in [-0.3, -0.25) is 4.79 Å². The predicted molar refractivity (Wildman–Crippen MR) is 110 cm³/mol. The number of rotatable bonds is 5. The van der Waals surface area contributed by atoms with Crippen molar-refractivity contribution >= 4 is 22.6 Å². The first-order chi connectivity index (χ1) is 14.1. The molecule has 0 radical (unpaired) electrons. The van der Waals surface area contributed by atoms with E-state index in [1.165, 1.54) is 0 Å². The van der Waals surface area contributed by atoms with Crippen molar-refractivity contribution in [1.82, 2.24) is 9.97 Å². The number of amides is 1. The standard InChI is InChI=1S/C21H22N4O4/c1-27-17-11-15-16(12-18(17)28-2)23-20(14-5-3-4-13(10-14)19(22)26)24-21(15)25-6-8-29-9-7-25/h3-5,10-12H,6-9H2,1-2H3,(H2,22,26). The number of carbonyl (C=O) groups excluding carboxylic acids is 1. The molecule has 0 bridgehead atoms. The lowest BCUT2D eigenvalue weighted by molar-refractivity contribution is 0.100. The van der Waals surface area contributed by atoms with E-state index in [0.717, 1.165) is 29.8 Å². The molecule has 0 saturated carbocycles. The lowest BCUT2D eigenvalue weighted by Crippen LogP contribution is -2.37. The monoisotopic (exact) mass is 394 g/mol. The van der Waals surface area contributed by atoms with Crippen LogP contribution < -0.4 is 20.1 Å². The zero-order valence-corrected chi connectivity index (χ0v) is 16.3. The summed E-state index contributed by atoms with van der Waals surface area (Å²) in [6.45, 7) is 2.71. The Bertz CT molecular complexity index is 1060.